The Kier molecular flexibility index (Phi) is 3.88. The van der Waals surface area contributed by atoms with Gasteiger partial charge in [-0.15, -0.1) is 5.10 Å². The molecule has 0 aliphatic heterocycles. The van der Waals surface area contributed by atoms with E-state index in [9.17, 15) is 4.79 Å². The molecule has 0 saturated heterocycles. The fraction of sp³-hybridized carbons (Fsp3) is 0.545. The Balaban J connectivity index is 2.25. The van der Waals surface area contributed by atoms with Gasteiger partial charge in [-0.25, -0.2) is 9.48 Å². The number of ether oxygens (including phenoxy) is 1. The molecule has 0 N–H and O–H groups in total. The molecule has 0 fully saturated rings. The number of nitrogens with zero attached hydrogens (tertiary/aromatic N) is 5. The number of aryl methyl sites for hydroxylation is 1. The summed E-state index contributed by atoms with van der Waals surface area (Å²) in [4.78, 5) is 15.7. The van der Waals surface area contributed by atoms with Gasteiger partial charge in [0.05, 0.1) is 12.8 Å². The lowest BCUT2D eigenvalue weighted by Crippen LogP contribution is -2.10. The molecule has 0 unspecified atom stereocenters. The van der Waals surface area contributed by atoms with Gasteiger partial charge in [0.2, 0.25) is 5.89 Å². The molecule has 0 aromatic carbocycles. The van der Waals surface area contributed by atoms with Crippen LogP contribution in [-0.4, -0.2) is 38.2 Å². The van der Waals surface area contributed by atoms with Crippen molar-refractivity contribution in [1.82, 2.24) is 25.1 Å². The zero-order chi connectivity index (χ0) is 13.8. The maximum absolute atomic E-state index is 11.5. The summed E-state index contributed by atoms with van der Waals surface area (Å²) in [7, 11) is 1.31. The molecule has 0 aliphatic carbocycles. The summed E-state index contributed by atoms with van der Waals surface area (Å²) in [5.41, 5.74) is 0.906. The van der Waals surface area contributed by atoms with Crippen molar-refractivity contribution < 1.29 is 14.1 Å². The van der Waals surface area contributed by atoms with Crippen molar-refractivity contribution in [2.75, 3.05) is 7.11 Å². The minimum absolute atomic E-state index is 0.222. The Labute approximate surface area is 109 Å². The summed E-state index contributed by atoms with van der Waals surface area (Å²) < 4.78 is 11.3. The minimum atomic E-state index is -0.497. The summed E-state index contributed by atoms with van der Waals surface area (Å²) in [5, 5.41) is 11.6. The van der Waals surface area contributed by atoms with Gasteiger partial charge >= 0.3 is 5.97 Å². The molecule has 0 bridgehead atoms. The van der Waals surface area contributed by atoms with E-state index in [-0.39, 0.29) is 5.69 Å². The van der Waals surface area contributed by atoms with Crippen LogP contribution in [0.25, 0.3) is 0 Å². The molecule has 19 heavy (non-hydrogen) atoms. The van der Waals surface area contributed by atoms with Crippen molar-refractivity contribution in [3.8, 4) is 0 Å². The molecule has 8 heteroatoms. The van der Waals surface area contributed by atoms with Crippen LogP contribution in [0.1, 0.15) is 41.7 Å². The highest BCUT2D eigenvalue weighted by molar-refractivity contribution is 5.88. The summed E-state index contributed by atoms with van der Waals surface area (Å²) in [6.45, 7) is 4.14. The van der Waals surface area contributed by atoms with Crippen molar-refractivity contribution in [2.24, 2.45) is 0 Å². The first kappa shape index (κ1) is 13.2. The Morgan fingerprint density at radius 3 is 2.74 bits per heavy atom. The van der Waals surface area contributed by atoms with Crippen LogP contribution in [0, 0.1) is 0 Å². The van der Waals surface area contributed by atoms with Gasteiger partial charge in [-0.1, -0.05) is 24.2 Å². The topological polar surface area (TPSA) is 95.9 Å². The Morgan fingerprint density at radius 2 is 2.16 bits per heavy atom. The van der Waals surface area contributed by atoms with E-state index in [0.29, 0.717) is 36.8 Å². The summed E-state index contributed by atoms with van der Waals surface area (Å²) in [6, 6.07) is 0. The highest BCUT2D eigenvalue weighted by Crippen LogP contribution is 2.10. The average Bonchev–Trinajstić information content (AvgIpc) is 3.04. The van der Waals surface area contributed by atoms with Crippen LogP contribution in [0.5, 0.6) is 0 Å². The second-order valence-electron chi connectivity index (χ2n) is 3.85. The first-order valence-electron chi connectivity index (χ1n) is 6.01. The first-order chi connectivity index (χ1) is 9.19. The van der Waals surface area contributed by atoms with Crippen LogP contribution in [0.15, 0.2) is 4.52 Å². The number of rotatable bonds is 5. The lowest BCUT2D eigenvalue weighted by atomic mass is 10.2. The molecule has 2 aromatic heterocycles. The van der Waals surface area contributed by atoms with Crippen LogP contribution < -0.4 is 0 Å². The number of hydrogen-bond acceptors (Lipinski definition) is 7. The second kappa shape index (κ2) is 5.59. The molecule has 2 aromatic rings. The fourth-order valence-corrected chi connectivity index (χ4v) is 1.69. The minimum Gasteiger partial charge on any atom is -0.464 e. The zero-order valence-corrected chi connectivity index (χ0v) is 11.1. The Bertz CT molecular complexity index is 575. The van der Waals surface area contributed by atoms with Gasteiger partial charge in [-0.3, -0.25) is 0 Å². The van der Waals surface area contributed by atoms with E-state index >= 15 is 0 Å². The normalized spacial score (nSPS) is 10.7. The molecular weight excluding hydrogens is 250 g/mol. The smallest absolute Gasteiger partial charge is 0.360 e. The van der Waals surface area contributed by atoms with E-state index in [0.717, 1.165) is 0 Å². The van der Waals surface area contributed by atoms with Gasteiger partial charge in [-0.2, -0.15) is 4.98 Å². The molecule has 2 heterocycles. The monoisotopic (exact) mass is 265 g/mol. The second-order valence-corrected chi connectivity index (χ2v) is 3.85. The van der Waals surface area contributed by atoms with Crippen LogP contribution in [-0.2, 0) is 24.1 Å². The van der Waals surface area contributed by atoms with E-state index in [1.54, 1.807) is 4.68 Å². The van der Waals surface area contributed by atoms with Crippen molar-refractivity contribution in [3.05, 3.63) is 23.1 Å². The molecule has 0 aliphatic rings. The molecule has 102 valence electrons. The number of methoxy groups -OCH3 is 1. The van der Waals surface area contributed by atoms with E-state index in [4.69, 9.17) is 4.52 Å². The van der Waals surface area contributed by atoms with Gasteiger partial charge in [-0.05, 0) is 6.42 Å². The van der Waals surface area contributed by atoms with Gasteiger partial charge in [0, 0.05) is 6.42 Å². The van der Waals surface area contributed by atoms with Gasteiger partial charge in [0.1, 0.15) is 6.54 Å². The largest absolute Gasteiger partial charge is 0.464 e. The lowest BCUT2D eigenvalue weighted by Gasteiger charge is -2.02. The molecular formula is C11H15N5O3. The van der Waals surface area contributed by atoms with E-state index < -0.39 is 5.97 Å². The SMILES string of the molecule is CCc1noc(Cn2nnc(C(=O)OC)c2CC)n1. The van der Waals surface area contributed by atoms with Crippen molar-refractivity contribution in [3.63, 3.8) is 0 Å². The quantitative estimate of drug-likeness (QED) is 0.731. The third-order valence-electron chi connectivity index (χ3n) is 2.66. The molecule has 0 atom stereocenters. The zero-order valence-electron chi connectivity index (χ0n) is 11.1. The number of hydrogen-bond donors (Lipinski definition) is 0. The average molecular weight is 265 g/mol. The molecule has 0 radical (unpaired) electrons. The third-order valence-corrected chi connectivity index (χ3v) is 2.66. The van der Waals surface area contributed by atoms with Crippen molar-refractivity contribution in [1.29, 1.82) is 0 Å². The third kappa shape index (κ3) is 2.61. The van der Waals surface area contributed by atoms with E-state index in [1.165, 1.54) is 7.11 Å². The van der Waals surface area contributed by atoms with Crippen LogP contribution in [0.2, 0.25) is 0 Å². The molecule has 8 nitrogen and oxygen atoms in total. The fourth-order valence-electron chi connectivity index (χ4n) is 1.69. The molecule has 0 amide bonds. The summed E-state index contributed by atoms with van der Waals surface area (Å²) >= 11 is 0. The molecule has 0 saturated carbocycles. The Morgan fingerprint density at radius 1 is 1.37 bits per heavy atom. The molecule has 2 rings (SSSR count). The van der Waals surface area contributed by atoms with Crippen LogP contribution in [0.4, 0.5) is 0 Å². The maximum atomic E-state index is 11.5. The highest BCUT2D eigenvalue weighted by atomic mass is 16.5. The predicted molar refractivity (Wildman–Crippen MR) is 63.5 cm³/mol. The number of carbonyl (C=O) groups is 1. The van der Waals surface area contributed by atoms with Crippen molar-refractivity contribution in [2.45, 2.75) is 33.2 Å². The number of carbonyl (C=O) groups excluding carboxylic acids is 1. The number of esters is 1. The van der Waals surface area contributed by atoms with E-state index in [1.807, 2.05) is 13.8 Å². The van der Waals surface area contributed by atoms with E-state index in [2.05, 4.69) is 25.2 Å². The predicted octanol–water partition coefficient (Wildman–Crippen LogP) is 0.621. The summed E-state index contributed by atoms with van der Waals surface area (Å²) in [5.74, 6) is 0.581. The molecule has 0 spiro atoms. The van der Waals surface area contributed by atoms with Crippen LogP contribution in [0.3, 0.4) is 0 Å². The Hall–Kier alpha value is -2.25. The maximum Gasteiger partial charge on any atom is 0.360 e. The van der Waals surface area contributed by atoms with Crippen molar-refractivity contribution >= 4 is 5.97 Å². The highest BCUT2D eigenvalue weighted by Gasteiger charge is 2.20. The first-order valence-corrected chi connectivity index (χ1v) is 6.01. The summed E-state index contributed by atoms with van der Waals surface area (Å²) in [6.07, 6.45) is 1.31. The van der Waals surface area contributed by atoms with Gasteiger partial charge in [0.15, 0.2) is 11.5 Å². The van der Waals surface area contributed by atoms with Gasteiger partial charge in [0.25, 0.3) is 0 Å². The number of aromatic nitrogens is 5. The van der Waals surface area contributed by atoms with Gasteiger partial charge < -0.3 is 9.26 Å². The standard InChI is InChI=1S/C11H15N5O3/c1-4-7-10(11(17)18-3)13-15-16(7)6-9-12-8(5-2)14-19-9/h4-6H2,1-3H3. The lowest BCUT2D eigenvalue weighted by molar-refractivity contribution is 0.0592. The van der Waals surface area contributed by atoms with Crippen LogP contribution >= 0.6 is 0 Å².